The number of rotatable bonds is 7. The molecule has 1 aliphatic heterocycles. The number of imidazole rings is 1. The molecule has 5 atom stereocenters. The van der Waals surface area contributed by atoms with Crippen molar-refractivity contribution >= 4 is 17.5 Å². The van der Waals surface area contributed by atoms with Crippen molar-refractivity contribution in [1.82, 2.24) is 19.6 Å². The van der Waals surface area contributed by atoms with Crippen LogP contribution in [0.15, 0.2) is 24.4 Å². The van der Waals surface area contributed by atoms with Gasteiger partial charge in [0.15, 0.2) is 0 Å². The first-order chi connectivity index (χ1) is 17.0. The minimum atomic E-state index is -0.0449. The number of amides is 2. The van der Waals surface area contributed by atoms with E-state index in [0.717, 1.165) is 50.1 Å². The average molecular weight is 479 g/mol. The summed E-state index contributed by atoms with van der Waals surface area (Å²) in [6, 6.07) is 5.78. The zero-order valence-corrected chi connectivity index (χ0v) is 20.9. The molecule has 1 saturated heterocycles. The Hall–Kier alpha value is -2.41. The standard InChI is InChI=1S/C28H38N4O3/c1-35-17-22-7-2-3-11-31(22)26(33)13-21-16-32-24(8-4-9-25(32)30-21)27(34)29-18-28-10-5-6-19(14-28)23-12-20(23)15-28/h4,8-9,16,19-20,22-23H,2-3,5-7,10-15,17-18H2,1H3,(H,29,34). The highest BCUT2D eigenvalue weighted by molar-refractivity contribution is 5.93. The molecule has 7 nitrogen and oxygen atoms in total. The van der Waals surface area contributed by atoms with Crippen LogP contribution >= 0.6 is 0 Å². The Morgan fingerprint density at radius 2 is 2.06 bits per heavy atom. The molecule has 2 amide bonds. The fourth-order valence-electron chi connectivity index (χ4n) is 7.56. The third-order valence-corrected chi connectivity index (χ3v) is 9.29. The molecule has 188 valence electrons. The van der Waals surface area contributed by atoms with Gasteiger partial charge in [-0.2, -0.15) is 0 Å². The van der Waals surface area contributed by atoms with E-state index >= 15 is 0 Å². The largest absolute Gasteiger partial charge is 0.383 e. The van der Waals surface area contributed by atoms with Gasteiger partial charge in [-0.3, -0.25) is 14.0 Å². The monoisotopic (exact) mass is 478 g/mol. The molecule has 3 heterocycles. The van der Waals surface area contributed by atoms with E-state index in [-0.39, 0.29) is 24.3 Å². The summed E-state index contributed by atoms with van der Waals surface area (Å²) < 4.78 is 7.19. The van der Waals surface area contributed by atoms with Gasteiger partial charge in [0.2, 0.25) is 5.91 Å². The van der Waals surface area contributed by atoms with Gasteiger partial charge in [0.1, 0.15) is 11.3 Å². The molecule has 2 bridgehead atoms. The van der Waals surface area contributed by atoms with Crippen molar-refractivity contribution < 1.29 is 14.3 Å². The van der Waals surface area contributed by atoms with E-state index in [0.29, 0.717) is 29.1 Å². The third kappa shape index (κ3) is 4.48. The van der Waals surface area contributed by atoms with E-state index in [9.17, 15) is 9.59 Å². The summed E-state index contributed by atoms with van der Waals surface area (Å²) in [5, 5.41) is 3.29. The average Bonchev–Trinajstić information content (AvgIpc) is 3.51. The van der Waals surface area contributed by atoms with Gasteiger partial charge in [0.05, 0.1) is 24.8 Å². The number of methoxy groups -OCH3 is 1. The molecule has 4 fully saturated rings. The number of fused-ring (bicyclic) bond motifs is 5. The fourth-order valence-corrected chi connectivity index (χ4v) is 7.56. The first-order valence-electron chi connectivity index (χ1n) is 13.6. The number of carbonyl (C=O) groups is 2. The zero-order chi connectivity index (χ0) is 24.0. The van der Waals surface area contributed by atoms with Gasteiger partial charge in [-0.25, -0.2) is 4.98 Å². The van der Waals surface area contributed by atoms with Crippen molar-refractivity contribution in [3.63, 3.8) is 0 Å². The van der Waals surface area contributed by atoms with Crippen molar-refractivity contribution in [2.24, 2.45) is 23.2 Å². The number of pyridine rings is 1. The van der Waals surface area contributed by atoms with Crippen LogP contribution in [-0.4, -0.2) is 58.9 Å². The number of hydrogen-bond acceptors (Lipinski definition) is 4. The van der Waals surface area contributed by atoms with Crippen molar-refractivity contribution in [1.29, 1.82) is 0 Å². The van der Waals surface area contributed by atoms with Crippen molar-refractivity contribution in [3.8, 4) is 0 Å². The topological polar surface area (TPSA) is 75.9 Å². The van der Waals surface area contributed by atoms with Crippen LogP contribution < -0.4 is 5.32 Å². The summed E-state index contributed by atoms with van der Waals surface area (Å²) >= 11 is 0. The lowest BCUT2D eigenvalue weighted by atomic mass is 9.62. The Balaban J connectivity index is 1.14. The van der Waals surface area contributed by atoms with Crippen LogP contribution in [0.3, 0.4) is 0 Å². The molecule has 1 N–H and O–H groups in total. The molecule has 0 radical (unpaired) electrons. The second kappa shape index (κ2) is 9.23. The van der Waals surface area contributed by atoms with E-state index in [1.807, 2.05) is 33.7 Å². The maximum atomic E-state index is 13.3. The fraction of sp³-hybridized carbons (Fsp3) is 0.679. The summed E-state index contributed by atoms with van der Waals surface area (Å²) in [5.41, 5.74) is 2.30. The van der Waals surface area contributed by atoms with Crippen LogP contribution in [0, 0.1) is 23.2 Å². The number of likely N-dealkylation sites (tertiary alicyclic amines) is 1. The number of piperidine rings is 1. The maximum absolute atomic E-state index is 13.3. The first kappa shape index (κ1) is 23.0. The smallest absolute Gasteiger partial charge is 0.268 e. The number of carbonyl (C=O) groups excluding carboxylic acids is 2. The highest BCUT2D eigenvalue weighted by Gasteiger charge is 2.55. The minimum absolute atomic E-state index is 0.0449. The van der Waals surface area contributed by atoms with E-state index in [4.69, 9.17) is 4.74 Å². The molecule has 5 unspecified atom stereocenters. The predicted octanol–water partition coefficient (Wildman–Crippen LogP) is 3.85. The quantitative estimate of drug-likeness (QED) is 0.656. The summed E-state index contributed by atoms with van der Waals surface area (Å²) in [6.45, 7) is 2.13. The normalized spacial score (nSPS) is 31.7. The van der Waals surface area contributed by atoms with Crippen LogP contribution in [0.4, 0.5) is 0 Å². The van der Waals surface area contributed by atoms with Crippen molar-refractivity contribution in [2.45, 2.75) is 70.3 Å². The molecule has 3 saturated carbocycles. The highest BCUT2D eigenvalue weighted by Crippen LogP contribution is 2.63. The molecule has 0 aromatic carbocycles. The molecule has 7 heteroatoms. The summed E-state index contributed by atoms with van der Waals surface area (Å²) in [6.07, 6.45) is 13.2. The van der Waals surface area contributed by atoms with Crippen LogP contribution in [0.1, 0.15) is 74.0 Å². The van der Waals surface area contributed by atoms with Gasteiger partial charge in [-0.1, -0.05) is 18.9 Å². The Labute approximate surface area is 207 Å². The van der Waals surface area contributed by atoms with E-state index < -0.39 is 0 Å². The van der Waals surface area contributed by atoms with Crippen LogP contribution in [0.5, 0.6) is 0 Å². The summed E-state index contributed by atoms with van der Waals surface area (Å²) in [4.78, 5) is 33.0. The molecule has 4 aliphatic rings. The maximum Gasteiger partial charge on any atom is 0.268 e. The predicted molar refractivity (Wildman–Crippen MR) is 133 cm³/mol. The Bertz CT molecular complexity index is 1110. The Morgan fingerprint density at radius 1 is 1.17 bits per heavy atom. The van der Waals surface area contributed by atoms with Crippen molar-refractivity contribution in [2.75, 3.05) is 26.8 Å². The molecule has 35 heavy (non-hydrogen) atoms. The van der Waals surface area contributed by atoms with Gasteiger partial charge in [-0.15, -0.1) is 0 Å². The lowest BCUT2D eigenvalue weighted by molar-refractivity contribution is -0.135. The molecule has 2 aromatic rings. The number of ether oxygens (including phenoxy) is 1. The van der Waals surface area contributed by atoms with E-state index in [1.54, 1.807) is 7.11 Å². The van der Waals surface area contributed by atoms with Gasteiger partial charge in [-0.05, 0) is 80.2 Å². The molecule has 0 spiro atoms. The number of nitrogens with zero attached hydrogens (tertiary/aromatic N) is 3. The SMILES string of the molecule is COCC1CCCCN1C(=O)Cc1cn2c(C(=O)NCC34CCCC(C3)C3CC3C4)cccc2n1. The summed E-state index contributed by atoms with van der Waals surface area (Å²) in [5.74, 6) is 2.82. The van der Waals surface area contributed by atoms with Gasteiger partial charge in [0, 0.05) is 26.4 Å². The second-order valence-electron chi connectivity index (χ2n) is 11.6. The number of nitrogens with one attached hydrogen (secondary N) is 1. The van der Waals surface area contributed by atoms with Gasteiger partial charge in [0.25, 0.3) is 5.91 Å². The Morgan fingerprint density at radius 3 is 2.94 bits per heavy atom. The van der Waals surface area contributed by atoms with Crippen LogP contribution in [-0.2, 0) is 16.0 Å². The third-order valence-electron chi connectivity index (χ3n) is 9.29. The molecular weight excluding hydrogens is 440 g/mol. The second-order valence-corrected chi connectivity index (χ2v) is 11.6. The minimum Gasteiger partial charge on any atom is -0.383 e. The van der Waals surface area contributed by atoms with Crippen LogP contribution in [0.2, 0.25) is 0 Å². The lowest BCUT2D eigenvalue weighted by Gasteiger charge is -2.45. The molecule has 6 rings (SSSR count). The number of aromatic nitrogens is 2. The van der Waals surface area contributed by atoms with E-state index in [2.05, 4.69) is 10.3 Å². The molecule has 3 aliphatic carbocycles. The van der Waals surface area contributed by atoms with Crippen LogP contribution in [0.25, 0.3) is 5.65 Å². The van der Waals surface area contributed by atoms with Crippen molar-refractivity contribution in [3.05, 3.63) is 35.8 Å². The lowest BCUT2D eigenvalue weighted by Crippen LogP contribution is -2.46. The van der Waals surface area contributed by atoms with Gasteiger partial charge >= 0.3 is 0 Å². The Kier molecular flexibility index (Phi) is 6.07. The zero-order valence-electron chi connectivity index (χ0n) is 20.9. The molecule has 2 aromatic heterocycles. The molecular formula is C28H38N4O3. The van der Waals surface area contributed by atoms with E-state index in [1.165, 1.54) is 38.5 Å². The first-order valence-corrected chi connectivity index (χ1v) is 13.6. The highest BCUT2D eigenvalue weighted by atomic mass is 16.5. The van der Waals surface area contributed by atoms with Gasteiger partial charge < -0.3 is 15.0 Å². The summed E-state index contributed by atoms with van der Waals surface area (Å²) in [7, 11) is 1.69. The number of hydrogen-bond donors (Lipinski definition) is 1.